The summed E-state index contributed by atoms with van der Waals surface area (Å²) in [6.45, 7) is 0.569. The van der Waals surface area contributed by atoms with Gasteiger partial charge in [0.1, 0.15) is 23.9 Å². The fraction of sp³-hybridized carbons (Fsp3) is 0.190. The molecule has 0 aliphatic heterocycles. The molecule has 1 N–H and O–H groups in total. The van der Waals surface area contributed by atoms with Gasteiger partial charge in [-0.05, 0) is 54.1 Å². The Kier molecular flexibility index (Phi) is 5.76. The minimum absolute atomic E-state index is 0.158. The summed E-state index contributed by atoms with van der Waals surface area (Å²) in [5.74, 6) is 0.646. The molecule has 0 spiro atoms. The molecule has 0 saturated heterocycles. The molecule has 0 atom stereocenters. The second-order valence-electron chi connectivity index (χ2n) is 6.25. The monoisotopic (exact) mass is 368 g/mol. The van der Waals surface area contributed by atoms with E-state index in [9.17, 15) is 9.18 Å². The third-order valence-corrected chi connectivity index (χ3v) is 3.99. The molecule has 1 amide bonds. The Morgan fingerprint density at radius 1 is 1.04 bits per heavy atom. The Morgan fingerprint density at radius 2 is 1.74 bits per heavy atom. The van der Waals surface area contributed by atoms with Crippen molar-refractivity contribution in [2.24, 2.45) is 0 Å². The molecule has 0 aliphatic rings. The van der Waals surface area contributed by atoms with E-state index in [-0.39, 0.29) is 24.1 Å². The van der Waals surface area contributed by atoms with Crippen molar-refractivity contribution in [2.45, 2.75) is 13.2 Å². The number of benzene rings is 2. The van der Waals surface area contributed by atoms with Crippen LogP contribution in [0.1, 0.15) is 21.9 Å². The SMILES string of the molecule is CN(C)c1ccc(CNC(=O)c2ccc(COc3ccc(F)cc3)o2)cc1. The predicted octanol–water partition coefficient (Wildman–Crippen LogP) is 3.99. The number of rotatable bonds is 7. The van der Waals surface area contributed by atoms with Crippen molar-refractivity contribution in [3.8, 4) is 5.75 Å². The Hall–Kier alpha value is -3.28. The molecule has 3 rings (SSSR count). The molecule has 1 heterocycles. The van der Waals surface area contributed by atoms with Gasteiger partial charge in [-0.3, -0.25) is 4.79 Å². The minimum Gasteiger partial charge on any atom is -0.486 e. The van der Waals surface area contributed by atoms with Crippen LogP contribution in [0.5, 0.6) is 5.75 Å². The Labute approximate surface area is 157 Å². The molecule has 0 saturated carbocycles. The number of halogens is 1. The number of hydrogen-bond acceptors (Lipinski definition) is 4. The molecule has 27 heavy (non-hydrogen) atoms. The Morgan fingerprint density at radius 3 is 2.41 bits per heavy atom. The van der Waals surface area contributed by atoms with E-state index in [1.54, 1.807) is 12.1 Å². The number of hydrogen-bond donors (Lipinski definition) is 1. The molecule has 0 aliphatic carbocycles. The summed E-state index contributed by atoms with van der Waals surface area (Å²) in [5.41, 5.74) is 2.10. The molecule has 3 aromatic rings. The molecular formula is C21H21FN2O3. The van der Waals surface area contributed by atoms with Crippen molar-refractivity contribution in [1.29, 1.82) is 0 Å². The molecule has 140 valence electrons. The summed E-state index contributed by atoms with van der Waals surface area (Å²) in [6.07, 6.45) is 0. The van der Waals surface area contributed by atoms with Gasteiger partial charge in [0, 0.05) is 26.3 Å². The van der Waals surface area contributed by atoms with Gasteiger partial charge in [-0.15, -0.1) is 0 Å². The average Bonchev–Trinajstić information content (AvgIpc) is 3.15. The van der Waals surface area contributed by atoms with E-state index in [1.165, 1.54) is 24.3 Å². The highest BCUT2D eigenvalue weighted by Crippen LogP contribution is 2.16. The van der Waals surface area contributed by atoms with E-state index >= 15 is 0 Å². The van der Waals surface area contributed by atoms with Gasteiger partial charge in [0.15, 0.2) is 5.76 Å². The molecular weight excluding hydrogens is 347 g/mol. The largest absolute Gasteiger partial charge is 0.486 e. The fourth-order valence-electron chi connectivity index (χ4n) is 2.44. The van der Waals surface area contributed by atoms with E-state index in [0.717, 1.165) is 11.3 Å². The molecule has 0 fully saturated rings. The molecule has 0 unspecified atom stereocenters. The average molecular weight is 368 g/mol. The standard InChI is InChI=1S/C21H21FN2O3/c1-24(2)17-7-3-15(4-8-17)13-23-21(25)20-12-11-19(27-20)14-26-18-9-5-16(22)6-10-18/h3-12H,13-14H2,1-2H3,(H,23,25). The summed E-state index contributed by atoms with van der Waals surface area (Å²) < 4.78 is 23.9. The second-order valence-corrected chi connectivity index (χ2v) is 6.25. The van der Waals surface area contributed by atoms with Crippen LogP contribution in [0.2, 0.25) is 0 Å². The fourth-order valence-corrected chi connectivity index (χ4v) is 2.44. The van der Waals surface area contributed by atoms with E-state index in [0.29, 0.717) is 18.1 Å². The van der Waals surface area contributed by atoms with Crippen LogP contribution in [0.3, 0.4) is 0 Å². The zero-order valence-electron chi connectivity index (χ0n) is 15.2. The van der Waals surface area contributed by atoms with Gasteiger partial charge in [-0.1, -0.05) is 12.1 Å². The number of amides is 1. The van der Waals surface area contributed by atoms with Gasteiger partial charge in [0.05, 0.1) is 0 Å². The Balaban J connectivity index is 1.51. The van der Waals surface area contributed by atoms with Gasteiger partial charge in [-0.2, -0.15) is 0 Å². The summed E-state index contributed by atoms with van der Waals surface area (Å²) in [7, 11) is 3.95. The minimum atomic E-state index is -0.323. The first-order chi connectivity index (χ1) is 13.0. The first kappa shape index (κ1) is 18.5. The predicted molar refractivity (Wildman–Crippen MR) is 101 cm³/mol. The lowest BCUT2D eigenvalue weighted by atomic mass is 10.2. The van der Waals surface area contributed by atoms with Crippen molar-refractivity contribution in [3.05, 3.63) is 83.6 Å². The zero-order chi connectivity index (χ0) is 19.2. The smallest absolute Gasteiger partial charge is 0.287 e. The number of anilines is 1. The number of furan rings is 1. The van der Waals surface area contributed by atoms with Crippen LogP contribution in [0, 0.1) is 5.82 Å². The number of nitrogens with one attached hydrogen (secondary N) is 1. The van der Waals surface area contributed by atoms with Crippen molar-refractivity contribution in [3.63, 3.8) is 0 Å². The van der Waals surface area contributed by atoms with Crippen molar-refractivity contribution < 1.29 is 18.3 Å². The van der Waals surface area contributed by atoms with Crippen LogP contribution in [0.15, 0.2) is 65.1 Å². The first-order valence-electron chi connectivity index (χ1n) is 8.53. The number of carbonyl (C=O) groups excluding carboxylic acids is 1. The van der Waals surface area contributed by atoms with Crippen molar-refractivity contribution >= 4 is 11.6 Å². The van der Waals surface area contributed by atoms with Crippen LogP contribution in [0.25, 0.3) is 0 Å². The molecule has 5 nitrogen and oxygen atoms in total. The summed E-state index contributed by atoms with van der Waals surface area (Å²) in [4.78, 5) is 14.2. The lowest BCUT2D eigenvalue weighted by molar-refractivity contribution is 0.0919. The van der Waals surface area contributed by atoms with Crippen LogP contribution < -0.4 is 15.0 Å². The van der Waals surface area contributed by atoms with E-state index in [1.807, 2.05) is 43.3 Å². The van der Waals surface area contributed by atoms with Crippen LogP contribution in [-0.2, 0) is 13.2 Å². The highest BCUT2D eigenvalue weighted by atomic mass is 19.1. The first-order valence-corrected chi connectivity index (χ1v) is 8.53. The third kappa shape index (κ3) is 5.10. The third-order valence-electron chi connectivity index (χ3n) is 3.99. The summed E-state index contributed by atoms with van der Waals surface area (Å²) in [6, 6.07) is 16.9. The van der Waals surface area contributed by atoms with Crippen LogP contribution in [0.4, 0.5) is 10.1 Å². The van der Waals surface area contributed by atoms with Gasteiger partial charge >= 0.3 is 0 Å². The molecule has 6 heteroatoms. The van der Waals surface area contributed by atoms with Crippen molar-refractivity contribution in [1.82, 2.24) is 5.32 Å². The quantitative estimate of drug-likeness (QED) is 0.685. The number of nitrogens with zero attached hydrogens (tertiary/aromatic N) is 1. The maximum absolute atomic E-state index is 12.9. The van der Waals surface area contributed by atoms with Crippen LogP contribution in [-0.4, -0.2) is 20.0 Å². The molecule has 1 aromatic heterocycles. The molecule has 2 aromatic carbocycles. The van der Waals surface area contributed by atoms with Crippen molar-refractivity contribution in [2.75, 3.05) is 19.0 Å². The van der Waals surface area contributed by atoms with Gasteiger partial charge in [-0.25, -0.2) is 4.39 Å². The second kappa shape index (κ2) is 8.40. The molecule has 0 radical (unpaired) electrons. The normalized spacial score (nSPS) is 10.5. The lowest BCUT2D eigenvalue weighted by Gasteiger charge is -2.12. The number of ether oxygens (including phenoxy) is 1. The van der Waals surface area contributed by atoms with Gasteiger partial charge in [0.2, 0.25) is 0 Å². The maximum atomic E-state index is 12.9. The van der Waals surface area contributed by atoms with Gasteiger partial charge < -0.3 is 19.4 Å². The lowest BCUT2D eigenvalue weighted by Crippen LogP contribution is -2.22. The van der Waals surface area contributed by atoms with E-state index < -0.39 is 0 Å². The molecule has 0 bridgehead atoms. The summed E-state index contributed by atoms with van der Waals surface area (Å²) >= 11 is 0. The zero-order valence-corrected chi connectivity index (χ0v) is 15.2. The maximum Gasteiger partial charge on any atom is 0.287 e. The van der Waals surface area contributed by atoms with Gasteiger partial charge in [0.25, 0.3) is 5.91 Å². The number of carbonyl (C=O) groups is 1. The van der Waals surface area contributed by atoms with E-state index in [2.05, 4.69) is 5.32 Å². The highest BCUT2D eigenvalue weighted by molar-refractivity contribution is 5.91. The summed E-state index contributed by atoms with van der Waals surface area (Å²) in [5, 5.41) is 2.83. The Bertz CT molecular complexity index is 887. The van der Waals surface area contributed by atoms with Crippen LogP contribution >= 0.6 is 0 Å². The highest BCUT2D eigenvalue weighted by Gasteiger charge is 2.11. The van der Waals surface area contributed by atoms with E-state index in [4.69, 9.17) is 9.15 Å². The topological polar surface area (TPSA) is 54.7 Å².